The number of rotatable bonds is 5. The monoisotopic (exact) mass is 347 g/mol. The van der Waals surface area contributed by atoms with Crippen molar-refractivity contribution in [1.82, 2.24) is 0 Å². The molecule has 0 amide bonds. The van der Waals surface area contributed by atoms with E-state index < -0.39 is 0 Å². The molecule has 23 heavy (non-hydrogen) atoms. The highest BCUT2D eigenvalue weighted by Gasteiger charge is 2.09. The Kier molecular flexibility index (Phi) is 4.79. The number of ether oxygens (including phenoxy) is 1. The van der Waals surface area contributed by atoms with Crippen LogP contribution in [0.2, 0.25) is 10.0 Å². The number of halogens is 2. The third-order valence-corrected chi connectivity index (χ3v) is 3.96. The zero-order chi connectivity index (χ0) is 16.2. The summed E-state index contributed by atoms with van der Waals surface area (Å²) < 4.78 is 11.0. The van der Waals surface area contributed by atoms with Crippen LogP contribution in [0.5, 0.6) is 5.75 Å². The molecular formula is C18H15Cl2NO2. The van der Waals surface area contributed by atoms with Gasteiger partial charge in [0.1, 0.15) is 17.3 Å². The first-order valence-electron chi connectivity index (χ1n) is 7.08. The number of anilines is 1. The lowest BCUT2D eigenvalue weighted by atomic mass is 10.2. The Morgan fingerprint density at radius 2 is 1.78 bits per heavy atom. The smallest absolute Gasteiger partial charge is 0.135 e. The molecule has 118 valence electrons. The molecule has 0 bridgehead atoms. The van der Waals surface area contributed by atoms with Crippen LogP contribution in [0.3, 0.4) is 0 Å². The normalized spacial score (nSPS) is 10.6. The Balaban J connectivity index is 1.69. The summed E-state index contributed by atoms with van der Waals surface area (Å²) >= 11 is 12.1. The van der Waals surface area contributed by atoms with Gasteiger partial charge in [-0.25, -0.2) is 0 Å². The van der Waals surface area contributed by atoms with Gasteiger partial charge in [-0.3, -0.25) is 0 Å². The van der Waals surface area contributed by atoms with Crippen molar-refractivity contribution in [3.05, 3.63) is 70.4 Å². The van der Waals surface area contributed by atoms with Crippen LogP contribution in [-0.2, 0) is 6.54 Å². The fraction of sp³-hybridized carbons (Fsp3) is 0.111. The molecule has 0 atom stereocenters. The summed E-state index contributed by atoms with van der Waals surface area (Å²) in [7, 11) is 1.65. The van der Waals surface area contributed by atoms with Crippen LogP contribution in [0, 0.1) is 0 Å². The molecule has 1 aromatic heterocycles. The molecule has 0 unspecified atom stereocenters. The highest BCUT2D eigenvalue weighted by Crippen LogP contribution is 2.31. The molecule has 2 aromatic carbocycles. The first-order chi connectivity index (χ1) is 11.2. The van der Waals surface area contributed by atoms with Crippen molar-refractivity contribution in [2.24, 2.45) is 0 Å². The lowest BCUT2D eigenvalue weighted by Crippen LogP contribution is -1.97. The summed E-state index contributed by atoms with van der Waals surface area (Å²) in [5.41, 5.74) is 1.82. The van der Waals surface area contributed by atoms with E-state index in [4.69, 9.17) is 32.4 Å². The van der Waals surface area contributed by atoms with E-state index in [1.807, 2.05) is 42.5 Å². The molecule has 0 aliphatic rings. The van der Waals surface area contributed by atoms with Crippen molar-refractivity contribution in [2.45, 2.75) is 6.54 Å². The van der Waals surface area contributed by atoms with Crippen LogP contribution in [0.1, 0.15) is 5.76 Å². The molecule has 1 N–H and O–H groups in total. The second-order valence-electron chi connectivity index (χ2n) is 4.97. The molecular weight excluding hydrogens is 333 g/mol. The number of hydrogen-bond acceptors (Lipinski definition) is 3. The fourth-order valence-electron chi connectivity index (χ4n) is 2.21. The second kappa shape index (κ2) is 6.99. The predicted octanol–water partition coefficient (Wildman–Crippen LogP) is 5.87. The van der Waals surface area contributed by atoms with Crippen molar-refractivity contribution in [3.8, 4) is 17.1 Å². The van der Waals surface area contributed by atoms with Gasteiger partial charge in [-0.05, 0) is 54.6 Å². The number of nitrogens with one attached hydrogen (secondary N) is 1. The first-order valence-corrected chi connectivity index (χ1v) is 7.83. The van der Waals surface area contributed by atoms with E-state index in [-0.39, 0.29) is 0 Å². The molecule has 0 saturated heterocycles. The summed E-state index contributed by atoms with van der Waals surface area (Å²) in [5.74, 6) is 2.37. The van der Waals surface area contributed by atoms with Crippen LogP contribution in [-0.4, -0.2) is 7.11 Å². The summed E-state index contributed by atoms with van der Waals surface area (Å²) in [6.45, 7) is 0.581. The molecule has 3 rings (SSSR count). The van der Waals surface area contributed by atoms with Crippen molar-refractivity contribution in [1.29, 1.82) is 0 Å². The van der Waals surface area contributed by atoms with Gasteiger partial charge in [0.2, 0.25) is 0 Å². The molecule has 5 heteroatoms. The average molecular weight is 348 g/mol. The van der Waals surface area contributed by atoms with Crippen LogP contribution in [0.15, 0.2) is 59.0 Å². The van der Waals surface area contributed by atoms with Crippen molar-refractivity contribution in [2.75, 3.05) is 12.4 Å². The summed E-state index contributed by atoms with van der Waals surface area (Å²) in [4.78, 5) is 0. The fourth-order valence-corrected chi connectivity index (χ4v) is 2.71. The van der Waals surface area contributed by atoms with E-state index in [2.05, 4.69) is 5.32 Å². The zero-order valence-corrected chi connectivity index (χ0v) is 14.0. The molecule has 0 radical (unpaired) electrons. The third kappa shape index (κ3) is 3.81. The van der Waals surface area contributed by atoms with E-state index in [1.54, 1.807) is 19.2 Å². The number of benzene rings is 2. The Bertz CT molecular complexity index is 797. The lowest BCUT2D eigenvalue weighted by Gasteiger charge is -2.06. The Morgan fingerprint density at radius 3 is 2.48 bits per heavy atom. The highest BCUT2D eigenvalue weighted by molar-refractivity contribution is 6.36. The van der Waals surface area contributed by atoms with E-state index >= 15 is 0 Å². The van der Waals surface area contributed by atoms with Gasteiger partial charge in [-0.1, -0.05) is 23.2 Å². The summed E-state index contributed by atoms with van der Waals surface area (Å²) in [6, 6.07) is 16.9. The van der Waals surface area contributed by atoms with Gasteiger partial charge < -0.3 is 14.5 Å². The van der Waals surface area contributed by atoms with Gasteiger partial charge in [-0.15, -0.1) is 0 Å². The maximum absolute atomic E-state index is 6.20. The summed E-state index contributed by atoms with van der Waals surface area (Å²) in [6.07, 6.45) is 0. The third-order valence-electron chi connectivity index (χ3n) is 3.42. The van der Waals surface area contributed by atoms with Gasteiger partial charge in [0.05, 0.1) is 18.7 Å². The van der Waals surface area contributed by atoms with Crippen LogP contribution < -0.4 is 10.1 Å². The minimum absolute atomic E-state index is 0.571. The van der Waals surface area contributed by atoms with Crippen molar-refractivity contribution in [3.63, 3.8) is 0 Å². The Labute approximate surface area is 144 Å². The molecule has 0 aliphatic carbocycles. The molecule has 0 saturated carbocycles. The average Bonchev–Trinajstić information content (AvgIpc) is 3.02. The van der Waals surface area contributed by atoms with Crippen LogP contribution in [0.4, 0.5) is 5.69 Å². The topological polar surface area (TPSA) is 34.4 Å². The van der Waals surface area contributed by atoms with E-state index in [0.717, 1.165) is 28.5 Å². The maximum atomic E-state index is 6.20. The van der Waals surface area contributed by atoms with E-state index in [9.17, 15) is 0 Å². The largest absolute Gasteiger partial charge is 0.497 e. The van der Waals surface area contributed by atoms with Gasteiger partial charge in [0.15, 0.2) is 0 Å². The molecule has 0 fully saturated rings. The second-order valence-corrected chi connectivity index (χ2v) is 5.82. The van der Waals surface area contributed by atoms with E-state index in [1.165, 1.54) is 0 Å². The van der Waals surface area contributed by atoms with Crippen molar-refractivity contribution >= 4 is 28.9 Å². The number of furan rings is 1. The van der Waals surface area contributed by atoms with Gasteiger partial charge in [0.25, 0.3) is 0 Å². The standard InChI is InChI=1S/C18H15Cl2NO2/c1-22-14-5-3-13(4-6-14)21-11-15-7-9-18(23-15)16-8-2-12(19)10-17(16)20/h2-10,21H,11H2,1H3. The highest BCUT2D eigenvalue weighted by atomic mass is 35.5. The first kappa shape index (κ1) is 15.8. The lowest BCUT2D eigenvalue weighted by molar-refractivity contribution is 0.415. The quantitative estimate of drug-likeness (QED) is 0.626. The van der Waals surface area contributed by atoms with Gasteiger partial charge >= 0.3 is 0 Å². The zero-order valence-electron chi connectivity index (χ0n) is 12.5. The van der Waals surface area contributed by atoms with Gasteiger partial charge in [-0.2, -0.15) is 0 Å². The number of hydrogen-bond donors (Lipinski definition) is 1. The van der Waals surface area contributed by atoms with Crippen LogP contribution in [0.25, 0.3) is 11.3 Å². The predicted molar refractivity (Wildman–Crippen MR) is 94.5 cm³/mol. The van der Waals surface area contributed by atoms with Gasteiger partial charge in [0, 0.05) is 16.3 Å². The molecule has 3 nitrogen and oxygen atoms in total. The Hall–Kier alpha value is -2.10. The minimum atomic E-state index is 0.571. The van der Waals surface area contributed by atoms with Crippen LogP contribution >= 0.6 is 23.2 Å². The maximum Gasteiger partial charge on any atom is 0.135 e. The summed E-state index contributed by atoms with van der Waals surface area (Å²) in [5, 5.41) is 4.47. The molecule has 1 heterocycles. The number of methoxy groups -OCH3 is 1. The van der Waals surface area contributed by atoms with Crippen molar-refractivity contribution < 1.29 is 9.15 Å². The van der Waals surface area contributed by atoms with E-state index in [0.29, 0.717) is 16.6 Å². The molecule has 0 aliphatic heterocycles. The Morgan fingerprint density at radius 1 is 1.00 bits per heavy atom. The minimum Gasteiger partial charge on any atom is -0.497 e. The molecule has 3 aromatic rings. The molecule has 0 spiro atoms. The SMILES string of the molecule is COc1ccc(NCc2ccc(-c3ccc(Cl)cc3Cl)o2)cc1.